The average molecular weight is 328 g/mol. The van der Waals surface area contributed by atoms with E-state index in [-0.39, 0.29) is 12.1 Å². The lowest BCUT2D eigenvalue weighted by molar-refractivity contribution is -0.142. The number of aliphatic hydroxyl groups is 1. The first-order valence-electron chi connectivity index (χ1n) is 9.80. The van der Waals surface area contributed by atoms with Crippen LogP contribution in [0, 0.1) is 0 Å². The summed E-state index contributed by atoms with van der Waals surface area (Å²) in [5.41, 5.74) is 0. The highest BCUT2D eigenvalue weighted by Gasteiger charge is 2.31. The SMILES string of the molecule is CCCCCCCCCCCCC(O)CN1CCCC1C(=O)O. The van der Waals surface area contributed by atoms with Gasteiger partial charge in [0.2, 0.25) is 0 Å². The van der Waals surface area contributed by atoms with Crippen LogP contribution in [0.5, 0.6) is 0 Å². The van der Waals surface area contributed by atoms with Crippen molar-refractivity contribution in [3.8, 4) is 0 Å². The first-order valence-corrected chi connectivity index (χ1v) is 9.80. The molecule has 0 spiro atoms. The summed E-state index contributed by atoms with van der Waals surface area (Å²) < 4.78 is 0. The summed E-state index contributed by atoms with van der Waals surface area (Å²) in [6.45, 7) is 3.58. The Balaban J connectivity index is 1.94. The number of β-amino-alcohol motifs (C(OH)–C–C–N with tert-alkyl or cyclic N) is 1. The fraction of sp³-hybridized carbons (Fsp3) is 0.947. The number of rotatable bonds is 14. The molecule has 0 saturated carbocycles. The molecule has 1 saturated heterocycles. The van der Waals surface area contributed by atoms with Gasteiger partial charge in [-0.25, -0.2) is 0 Å². The van der Waals surface area contributed by atoms with E-state index in [2.05, 4.69) is 6.92 Å². The summed E-state index contributed by atoms with van der Waals surface area (Å²) in [4.78, 5) is 13.0. The van der Waals surface area contributed by atoms with Crippen molar-refractivity contribution in [1.82, 2.24) is 4.90 Å². The van der Waals surface area contributed by atoms with E-state index in [1.165, 1.54) is 57.8 Å². The lowest BCUT2D eigenvalue weighted by Gasteiger charge is -2.23. The molecule has 23 heavy (non-hydrogen) atoms. The van der Waals surface area contributed by atoms with E-state index in [1.54, 1.807) is 0 Å². The third-order valence-electron chi connectivity index (χ3n) is 4.98. The average Bonchev–Trinajstić information content (AvgIpc) is 2.97. The summed E-state index contributed by atoms with van der Waals surface area (Å²) in [6.07, 6.45) is 15.1. The Kier molecular flexibility index (Phi) is 11.3. The molecule has 1 aliphatic rings. The van der Waals surface area contributed by atoms with Crippen LogP contribution in [0.4, 0.5) is 0 Å². The van der Waals surface area contributed by atoms with Crippen LogP contribution in [0.25, 0.3) is 0 Å². The van der Waals surface area contributed by atoms with Crippen LogP contribution in [-0.2, 0) is 4.79 Å². The summed E-state index contributed by atoms with van der Waals surface area (Å²) in [6, 6.07) is -0.377. The molecule has 136 valence electrons. The van der Waals surface area contributed by atoms with Gasteiger partial charge in [0.25, 0.3) is 0 Å². The third kappa shape index (κ3) is 9.31. The van der Waals surface area contributed by atoms with Crippen LogP contribution in [0.15, 0.2) is 0 Å². The van der Waals surface area contributed by atoms with Gasteiger partial charge in [-0.15, -0.1) is 0 Å². The third-order valence-corrected chi connectivity index (χ3v) is 4.98. The zero-order valence-corrected chi connectivity index (χ0v) is 15.0. The maximum absolute atomic E-state index is 11.1. The number of carboxylic acids is 1. The second-order valence-corrected chi connectivity index (χ2v) is 7.12. The predicted molar refractivity (Wildman–Crippen MR) is 94.7 cm³/mol. The van der Waals surface area contributed by atoms with Crippen molar-refractivity contribution in [2.75, 3.05) is 13.1 Å². The van der Waals surface area contributed by atoms with Crippen molar-refractivity contribution in [2.45, 2.75) is 103 Å². The van der Waals surface area contributed by atoms with Crippen molar-refractivity contribution in [3.63, 3.8) is 0 Å². The molecular formula is C19H37NO3. The van der Waals surface area contributed by atoms with Crippen molar-refractivity contribution in [2.24, 2.45) is 0 Å². The minimum Gasteiger partial charge on any atom is -0.480 e. The number of hydrogen-bond donors (Lipinski definition) is 2. The quantitative estimate of drug-likeness (QED) is 0.469. The molecule has 4 nitrogen and oxygen atoms in total. The lowest BCUT2D eigenvalue weighted by Crippen LogP contribution is -2.40. The number of unbranched alkanes of at least 4 members (excludes halogenated alkanes) is 9. The molecule has 0 aromatic heterocycles. The zero-order valence-electron chi connectivity index (χ0n) is 15.0. The molecule has 1 heterocycles. The number of aliphatic hydroxyl groups excluding tert-OH is 1. The van der Waals surface area contributed by atoms with Crippen LogP contribution in [0.2, 0.25) is 0 Å². The first-order chi connectivity index (χ1) is 11.1. The fourth-order valence-corrected chi connectivity index (χ4v) is 3.55. The van der Waals surface area contributed by atoms with Crippen molar-refractivity contribution in [3.05, 3.63) is 0 Å². The van der Waals surface area contributed by atoms with E-state index in [1.807, 2.05) is 4.90 Å². The van der Waals surface area contributed by atoms with Gasteiger partial charge in [-0.3, -0.25) is 9.69 Å². The Morgan fingerprint density at radius 2 is 1.61 bits per heavy atom. The van der Waals surface area contributed by atoms with Gasteiger partial charge in [-0.05, 0) is 25.8 Å². The van der Waals surface area contributed by atoms with Crippen LogP contribution < -0.4 is 0 Å². The molecule has 4 heteroatoms. The summed E-state index contributed by atoms with van der Waals surface area (Å²) in [5.74, 6) is -0.742. The molecule has 0 bridgehead atoms. The maximum Gasteiger partial charge on any atom is 0.320 e. The van der Waals surface area contributed by atoms with E-state index < -0.39 is 5.97 Å². The number of carboxylic acid groups (broad SMARTS) is 1. The molecule has 1 fully saturated rings. The summed E-state index contributed by atoms with van der Waals surface area (Å²) in [7, 11) is 0. The van der Waals surface area contributed by atoms with Gasteiger partial charge < -0.3 is 10.2 Å². The molecule has 2 unspecified atom stereocenters. The van der Waals surface area contributed by atoms with Gasteiger partial charge in [0, 0.05) is 6.54 Å². The molecule has 2 atom stereocenters. The monoisotopic (exact) mass is 327 g/mol. The van der Waals surface area contributed by atoms with Crippen molar-refractivity contribution in [1.29, 1.82) is 0 Å². The van der Waals surface area contributed by atoms with E-state index >= 15 is 0 Å². The van der Waals surface area contributed by atoms with Gasteiger partial charge in [0.1, 0.15) is 6.04 Å². The molecule has 0 aliphatic carbocycles. The van der Waals surface area contributed by atoms with Gasteiger partial charge >= 0.3 is 5.97 Å². The number of carbonyl (C=O) groups is 1. The molecule has 0 aromatic rings. The maximum atomic E-state index is 11.1. The Morgan fingerprint density at radius 1 is 1.04 bits per heavy atom. The Morgan fingerprint density at radius 3 is 2.17 bits per heavy atom. The lowest BCUT2D eigenvalue weighted by atomic mass is 10.0. The van der Waals surface area contributed by atoms with Crippen LogP contribution >= 0.6 is 0 Å². The highest BCUT2D eigenvalue weighted by atomic mass is 16.4. The number of likely N-dealkylation sites (tertiary alicyclic amines) is 1. The van der Waals surface area contributed by atoms with Gasteiger partial charge in [0.15, 0.2) is 0 Å². The summed E-state index contributed by atoms with van der Waals surface area (Å²) in [5, 5.41) is 19.2. The zero-order chi connectivity index (χ0) is 16.9. The van der Waals surface area contributed by atoms with E-state index in [0.717, 1.165) is 32.2 Å². The molecule has 1 rings (SSSR count). The van der Waals surface area contributed by atoms with Crippen molar-refractivity contribution < 1.29 is 15.0 Å². The van der Waals surface area contributed by atoms with Gasteiger partial charge in [-0.1, -0.05) is 71.1 Å². The molecule has 0 aromatic carbocycles. The minimum absolute atomic E-state index is 0.371. The van der Waals surface area contributed by atoms with Gasteiger partial charge in [-0.2, -0.15) is 0 Å². The molecule has 0 amide bonds. The molecule has 2 N–H and O–H groups in total. The van der Waals surface area contributed by atoms with Crippen molar-refractivity contribution >= 4 is 5.97 Å². The minimum atomic E-state index is -0.742. The number of nitrogens with zero attached hydrogens (tertiary/aromatic N) is 1. The van der Waals surface area contributed by atoms with Crippen LogP contribution in [0.1, 0.15) is 90.4 Å². The largest absolute Gasteiger partial charge is 0.480 e. The highest BCUT2D eigenvalue weighted by Crippen LogP contribution is 2.19. The smallest absolute Gasteiger partial charge is 0.320 e. The van der Waals surface area contributed by atoms with Crippen LogP contribution in [-0.4, -0.2) is 46.3 Å². The summed E-state index contributed by atoms with van der Waals surface area (Å²) >= 11 is 0. The molecule has 0 radical (unpaired) electrons. The first kappa shape index (κ1) is 20.4. The number of aliphatic carboxylic acids is 1. The van der Waals surface area contributed by atoms with E-state index in [9.17, 15) is 9.90 Å². The molecule has 1 aliphatic heterocycles. The second kappa shape index (κ2) is 12.8. The van der Waals surface area contributed by atoms with Gasteiger partial charge in [0.05, 0.1) is 6.10 Å². The highest BCUT2D eigenvalue weighted by molar-refractivity contribution is 5.73. The van der Waals surface area contributed by atoms with E-state index in [4.69, 9.17) is 5.11 Å². The van der Waals surface area contributed by atoms with Crippen LogP contribution in [0.3, 0.4) is 0 Å². The van der Waals surface area contributed by atoms with E-state index in [0.29, 0.717) is 6.54 Å². The second-order valence-electron chi connectivity index (χ2n) is 7.12. The predicted octanol–water partition coefficient (Wildman–Crippen LogP) is 4.21. The topological polar surface area (TPSA) is 60.8 Å². The molecular weight excluding hydrogens is 290 g/mol. The Labute approximate surface area is 142 Å². The Bertz CT molecular complexity index is 309. The standard InChI is InChI=1S/C19H37NO3/c1-2-3-4-5-6-7-8-9-10-11-13-17(21)16-20-15-12-14-18(20)19(22)23/h17-18,21H,2-16H2,1H3,(H,22,23). The number of hydrogen-bond acceptors (Lipinski definition) is 3. The normalized spacial score (nSPS) is 20.0. The fourth-order valence-electron chi connectivity index (χ4n) is 3.55. The Hall–Kier alpha value is -0.610.